The summed E-state index contributed by atoms with van der Waals surface area (Å²) in [7, 11) is 0. The molecule has 2 fully saturated rings. The van der Waals surface area contributed by atoms with E-state index in [4.69, 9.17) is 9.73 Å². The predicted molar refractivity (Wildman–Crippen MR) is 111 cm³/mol. The van der Waals surface area contributed by atoms with Crippen molar-refractivity contribution >= 4 is 35.6 Å². The Morgan fingerprint density at radius 3 is 2.38 bits per heavy atom. The Balaban J connectivity index is 0.00000208. The summed E-state index contributed by atoms with van der Waals surface area (Å²) in [5.41, 5.74) is 1.54. The molecule has 0 radical (unpaired) electrons. The van der Waals surface area contributed by atoms with E-state index in [1.807, 2.05) is 0 Å². The van der Waals surface area contributed by atoms with E-state index in [2.05, 4.69) is 59.3 Å². The second-order valence-electron chi connectivity index (χ2n) is 6.78. The summed E-state index contributed by atoms with van der Waals surface area (Å²) in [6, 6.07) is 10.7. The maximum absolute atomic E-state index is 5.33. The van der Waals surface area contributed by atoms with Crippen LogP contribution in [0.25, 0.3) is 0 Å². The van der Waals surface area contributed by atoms with Crippen LogP contribution in [0.2, 0.25) is 0 Å². The Labute approximate surface area is 162 Å². The largest absolute Gasteiger partial charge is 0.380 e. The Hall–Kier alpha value is -1.02. The number of benzene rings is 1. The Morgan fingerprint density at radius 1 is 1.17 bits per heavy atom. The number of rotatable bonds is 4. The molecule has 24 heavy (non-hydrogen) atoms. The minimum absolute atomic E-state index is 0. The minimum Gasteiger partial charge on any atom is -0.380 e. The number of piperazine rings is 1. The van der Waals surface area contributed by atoms with Crippen molar-refractivity contribution in [2.75, 3.05) is 57.4 Å². The zero-order valence-electron chi connectivity index (χ0n) is 14.7. The normalized spacial score (nSPS) is 20.2. The van der Waals surface area contributed by atoms with Crippen LogP contribution in [0.15, 0.2) is 35.3 Å². The van der Waals surface area contributed by atoms with Crippen LogP contribution in [-0.2, 0) is 4.74 Å². The molecule has 1 N–H and O–H groups in total. The molecule has 0 aliphatic carbocycles. The molecule has 0 bridgehead atoms. The van der Waals surface area contributed by atoms with Crippen molar-refractivity contribution in [1.82, 2.24) is 10.2 Å². The van der Waals surface area contributed by atoms with Gasteiger partial charge in [-0.15, -0.1) is 24.0 Å². The third kappa shape index (κ3) is 4.75. The average Bonchev–Trinajstić information content (AvgIpc) is 2.58. The van der Waals surface area contributed by atoms with Crippen molar-refractivity contribution in [3.63, 3.8) is 0 Å². The van der Waals surface area contributed by atoms with Gasteiger partial charge in [-0.1, -0.05) is 25.1 Å². The summed E-state index contributed by atoms with van der Waals surface area (Å²) >= 11 is 0. The molecular weight excluding hydrogens is 415 g/mol. The maximum Gasteiger partial charge on any atom is 0.194 e. The van der Waals surface area contributed by atoms with Gasteiger partial charge in [-0.05, 0) is 19.1 Å². The molecule has 1 aromatic carbocycles. The van der Waals surface area contributed by atoms with E-state index in [9.17, 15) is 0 Å². The number of hydrogen-bond donors (Lipinski definition) is 1. The monoisotopic (exact) mass is 444 g/mol. The van der Waals surface area contributed by atoms with Crippen LogP contribution in [0.4, 0.5) is 5.69 Å². The fraction of sp³-hybridized carbons (Fsp3) is 0.611. The summed E-state index contributed by atoms with van der Waals surface area (Å²) in [6.07, 6.45) is 0. The van der Waals surface area contributed by atoms with Crippen LogP contribution in [-0.4, -0.2) is 63.3 Å². The maximum atomic E-state index is 5.33. The Bertz CT molecular complexity index is 525. The molecule has 2 heterocycles. The second-order valence-corrected chi connectivity index (χ2v) is 6.78. The van der Waals surface area contributed by atoms with Crippen molar-refractivity contribution in [3.8, 4) is 0 Å². The number of nitrogens with zero attached hydrogens (tertiary/aromatic N) is 3. The van der Waals surface area contributed by atoms with Crippen LogP contribution >= 0.6 is 24.0 Å². The van der Waals surface area contributed by atoms with Crippen molar-refractivity contribution in [3.05, 3.63) is 30.3 Å². The van der Waals surface area contributed by atoms with Crippen LogP contribution < -0.4 is 10.2 Å². The summed E-state index contributed by atoms with van der Waals surface area (Å²) in [5, 5.41) is 3.44. The lowest BCUT2D eigenvalue weighted by Gasteiger charge is -2.39. The van der Waals surface area contributed by atoms with Gasteiger partial charge < -0.3 is 19.9 Å². The highest BCUT2D eigenvalue weighted by Gasteiger charge is 2.33. The van der Waals surface area contributed by atoms with Crippen LogP contribution in [0.3, 0.4) is 0 Å². The summed E-state index contributed by atoms with van der Waals surface area (Å²) in [4.78, 5) is 9.69. The van der Waals surface area contributed by atoms with Crippen molar-refractivity contribution < 1.29 is 4.74 Å². The number of para-hydroxylation sites is 1. The van der Waals surface area contributed by atoms with Gasteiger partial charge in [0.2, 0.25) is 0 Å². The SMILES string of the molecule is CCNC(=NCC1(C)COC1)N1CCN(c2ccccc2)CC1.I. The van der Waals surface area contributed by atoms with E-state index in [0.717, 1.165) is 58.4 Å². The number of nitrogens with one attached hydrogen (secondary N) is 1. The van der Waals surface area contributed by atoms with E-state index in [1.165, 1.54) is 5.69 Å². The summed E-state index contributed by atoms with van der Waals surface area (Å²) in [5.74, 6) is 1.05. The zero-order valence-corrected chi connectivity index (χ0v) is 17.0. The summed E-state index contributed by atoms with van der Waals surface area (Å²) in [6.45, 7) is 11.9. The first-order chi connectivity index (χ1) is 11.2. The predicted octanol–water partition coefficient (Wildman–Crippen LogP) is 2.43. The molecule has 0 amide bonds. The van der Waals surface area contributed by atoms with Gasteiger partial charge in [0, 0.05) is 43.8 Å². The van der Waals surface area contributed by atoms with E-state index in [-0.39, 0.29) is 29.4 Å². The second kappa shape index (κ2) is 8.89. The van der Waals surface area contributed by atoms with Gasteiger partial charge in [-0.3, -0.25) is 4.99 Å². The van der Waals surface area contributed by atoms with E-state index in [1.54, 1.807) is 0 Å². The highest BCUT2D eigenvalue weighted by atomic mass is 127. The van der Waals surface area contributed by atoms with Crippen LogP contribution in [0.5, 0.6) is 0 Å². The molecule has 1 aromatic rings. The molecule has 0 aromatic heterocycles. The van der Waals surface area contributed by atoms with E-state index in [0.29, 0.717) is 0 Å². The van der Waals surface area contributed by atoms with Gasteiger partial charge >= 0.3 is 0 Å². The van der Waals surface area contributed by atoms with Crippen molar-refractivity contribution in [2.45, 2.75) is 13.8 Å². The topological polar surface area (TPSA) is 40.1 Å². The number of halogens is 1. The molecule has 3 rings (SSSR count). The lowest BCUT2D eigenvalue weighted by atomic mass is 9.89. The highest BCUT2D eigenvalue weighted by Crippen LogP contribution is 2.26. The molecule has 2 aliphatic heterocycles. The summed E-state index contributed by atoms with van der Waals surface area (Å²) < 4.78 is 5.33. The Kier molecular flexibility index (Phi) is 7.16. The smallest absolute Gasteiger partial charge is 0.194 e. The average molecular weight is 444 g/mol. The third-order valence-electron chi connectivity index (χ3n) is 4.55. The lowest BCUT2D eigenvalue weighted by Crippen LogP contribution is -2.53. The first kappa shape index (κ1) is 19.3. The minimum atomic E-state index is 0. The lowest BCUT2D eigenvalue weighted by molar-refractivity contribution is -0.0946. The van der Waals surface area contributed by atoms with Gasteiger partial charge in [0.1, 0.15) is 0 Å². The van der Waals surface area contributed by atoms with E-state index < -0.39 is 0 Å². The molecule has 134 valence electrons. The van der Waals surface area contributed by atoms with Crippen LogP contribution in [0, 0.1) is 5.41 Å². The first-order valence-corrected chi connectivity index (χ1v) is 8.61. The van der Waals surface area contributed by atoms with Crippen LogP contribution in [0.1, 0.15) is 13.8 Å². The molecule has 5 nitrogen and oxygen atoms in total. The molecule has 0 saturated carbocycles. The standard InChI is InChI=1S/C18H28N4O.HI/c1-3-19-17(20-13-18(2)14-23-15-18)22-11-9-21(10-12-22)16-7-5-4-6-8-16;/h4-8H,3,9-15H2,1-2H3,(H,19,20);1H. The zero-order chi connectivity index (χ0) is 16.1. The molecule has 6 heteroatoms. The van der Waals surface area contributed by atoms with Gasteiger partial charge in [-0.2, -0.15) is 0 Å². The van der Waals surface area contributed by atoms with Gasteiger partial charge in [0.05, 0.1) is 19.8 Å². The fourth-order valence-corrected chi connectivity index (χ4v) is 3.05. The van der Waals surface area contributed by atoms with Gasteiger partial charge in [0.15, 0.2) is 5.96 Å². The number of hydrogen-bond acceptors (Lipinski definition) is 3. The molecule has 0 spiro atoms. The molecule has 2 saturated heterocycles. The number of guanidine groups is 1. The molecule has 2 aliphatic rings. The molecule has 0 unspecified atom stereocenters. The third-order valence-corrected chi connectivity index (χ3v) is 4.55. The number of aliphatic imine (C=N–C) groups is 1. The highest BCUT2D eigenvalue weighted by molar-refractivity contribution is 14.0. The molecular formula is C18H29IN4O. The van der Waals surface area contributed by atoms with E-state index >= 15 is 0 Å². The first-order valence-electron chi connectivity index (χ1n) is 8.61. The van der Waals surface area contributed by atoms with Crippen molar-refractivity contribution in [2.24, 2.45) is 10.4 Å². The fourth-order valence-electron chi connectivity index (χ4n) is 3.05. The van der Waals surface area contributed by atoms with Gasteiger partial charge in [-0.25, -0.2) is 0 Å². The number of ether oxygens (including phenoxy) is 1. The van der Waals surface area contributed by atoms with Crippen molar-refractivity contribution in [1.29, 1.82) is 0 Å². The molecule has 0 atom stereocenters. The van der Waals surface area contributed by atoms with Gasteiger partial charge in [0.25, 0.3) is 0 Å². The Morgan fingerprint density at radius 2 is 1.83 bits per heavy atom. The quantitative estimate of drug-likeness (QED) is 0.440. The number of anilines is 1.